The fourth-order valence-corrected chi connectivity index (χ4v) is 1.36. The Kier molecular flexibility index (Phi) is 7.77. The molecule has 0 N–H and O–H groups in total. The molecule has 0 rings (SSSR count). The van der Waals surface area contributed by atoms with E-state index in [4.69, 9.17) is 0 Å². The van der Waals surface area contributed by atoms with E-state index in [2.05, 4.69) is 39.8 Å². The Morgan fingerprint density at radius 2 is 1.69 bits per heavy atom. The zero-order chi connectivity index (χ0) is 10.1. The van der Waals surface area contributed by atoms with Crippen molar-refractivity contribution in [3.05, 3.63) is 23.3 Å². The van der Waals surface area contributed by atoms with E-state index in [0.29, 0.717) is 0 Å². The molecule has 0 aliphatic rings. The van der Waals surface area contributed by atoms with Crippen LogP contribution in [-0.4, -0.2) is 0 Å². The van der Waals surface area contributed by atoms with Crippen LogP contribution < -0.4 is 0 Å². The van der Waals surface area contributed by atoms with Crippen molar-refractivity contribution in [2.24, 2.45) is 0 Å². The summed E-state index contributed by atoms with van der Waals surface area (Å²) in [6.07, 6.45) is 10.8. The molecule has 0 saturated heterocycles. The summed E-state index contributed by atoms with van der Waals surface area (Å²) in [5, 5.41) is 0. The van der Waals surface area contributed by atoms with Crippen molar-refractivity contribution in [3.63, 3.8) is 0 Å². The van der Waals surface area contributed by atoms with Gasteiger partial charge in [0.25, 0.3) is 0 Å². The lowest BCUT2D eigenvalue weighted by molar-refractivity contribution is 0.883. The van der Waals surface area contributed by atoms with Crippen LogP contribution in [0.2, 0.25) is 0 Å². The first-order valence-electron chi connectivity index (χ1n) is 5.58. The second-order valence-corrected chi connectivity index (χ2v) is 3.57. The number of hydrogen-bond acceptors (Lipinski definition) is 0. The van der Waals surface area contributed by atoms with Crippen LogP contribution in [0.1, 0.15) is 59.8 Å². The molecule has 0 fully saturated rings. The lowest BCUT2D eigenvalue weighted by atomic mass is 10.0. The molecule has 0 spiro atoms. The Labute approximate surface area is 83.7 Å². The maximum atomic E-state index is 2.37. The average Bonchev–Trinajstić information content (AvgIpc) is 2.16. The Morgan fingerprint density at radius 1 is 1.00 bits per heavy atom. The predicted octanol–water partition coefficient (Wildman–Crippen LogP) is 4.87. The van der Waals surface area contributed by atoms with E-state index in [1.165, 1.54) is 37.7 Å². The van der Waals surface area contributed by atoms with Crippen molar-refractivity contribution in [2.45, 2.75) is 59.8 Å². The molecular formula is C13H24. The van der Waals surface area contributed by atoms with Gasteiger partial charge in [0.1, 0.15) is 0 Å². The van der Waals surface area contributed by atoms with Gasteiger partial charge in [-0.05, 0) is 39.0 Å². The molecule has 0 radical (unpaired) electrons. The molecule has 0 nitrogen and oxygen atoms in total. The first kappa shape index (κ1) is 12.5. The van der Waals surface area contributed by atoms with Crippen LogP contribution in [0, 0.1) is 0 Å². The minimum Gasteiger partial charge on any atom is -0.0856 e. The fraction of sp³-hybridized carbons (Fsp3) is 0.692. The largest absolute Gasteiger partial charge is 0.0856 e. The van der Waals surface area contributed by atoms with Gasteiger partial charge in [0.15, 0.2) is 0 Å². The van der Waals surface area contributed by atoms with Crippen LogP contribution in [0.4, 0.5) is 0 Å². The van der Waals surface area contributed by atoms with Gasteiger partial charge in [-0.3, -0.25) is 0 Å². The molecule has 0 aliphatic carbocycles. The van der Waals surface area contributed by atoms with Crippen LogP contribution in [0.5, 0.6) is 0 Å². The molecule has 0 heterocycles. The summed E-state index contributed by atoms with van der Waals surface area (Å²) in [5.74, 6) is 0. The second-order valence-electron chi connectivity index (χ2n) is 3.57. The van der Waals surface area contributed by atoms with Gasteiger partial charge >= 0.3 is 0 Å². The van der Waals surface area contributed by atoms with Gasteiger partial charge in [-0.15, -0.1) is 0 Å². The first-order chi connectivity index (χ1) is 6.24. The van der Waals surface area contributed by atoms with Crippen molar-refractivity contribution < 1.29 is 0 Å². The van der Waals surface area contributed by atoms with Crippen molar-refractivity contribution in [3.8, 4) is 0 Å². The Hall–Kier alpha value is -0.520. The highest BCUT2D eigenvalue weighted by Gasteiger charge is 1.92. The highest BCUT2D eigenvalue weighted by atomic mass is 14.0. The zero-order valence-electron chi connectivity index (χ0n) is 9.69. The lowest BCUT2D eigenvalue weighted by Gasteiger charge is -2.02. The summed E-state index contributed by atoms with van der Waals surface area (Å²) in [6, 6.07) is 0. The molecule has 0 unspecified atom stereocenters. The van der Waals surface area contributed by atoms with Gasteiger partial charge in [0.05, 0.1) is 0 Å². The third-order valence-electron chi connectivity index (χ3n) is 2.46. The lowest BCUT2D eigenvalue weighted by Crippen LogP contribution is -1.81. The van der Waals surface area contributed by atoms with Crippen LogP contribution in [0.3, 0.4) is 0 Å². The van der Waals surface area contributed by atoms with Gasteiger partial charge in [-0.25, -0.2) is 0 Å². The van der Waals surface area contributed by atoms with Crippen molar-refractivity contribution >= 4 is 0 Å². The van der Waals surface area contributed by atoms with Gasteiger partial charge in [-0.2, -0.15) is 0 Å². The van der Waals surface area contributed by atoms with Gasteiger partial charge in [-0.1, -0.05) is 44.1 Å². The van der Waals surface area contributed by atoms with E-state index in [0.717, 1.165) is 0 Å². The van der Waals surface area contributed by atoms with E-state index in [1.807, 2.05) is 0 Å². The van der Waals surface area contributed by atoms with Gasteiger partial charge in [0.2, 0.25) is 0 Å². The molecule has 13 heavy (non-hydrogen) atoms. The first-order valence-corrected chi connectivity index (χ1v) is 5.58. The van der Waals surface area contributed by atoms with Crippen LogP contribution >= 0.6 is 0 Å². The van der Waals surface area contributed by atoms with Gasteiger partial charge in [0, 0.05) is 0 Å². The number of hydrogen-bond donors (Lipinski definition) is 0. The number of allylic oxidation sites excluding steroid dienone is 4. The monoisotopic (exact) mass is 180 g/mol. The SMILES string of the molecule is CC/C=C(\CC)CC/C=C(/C)CC. The molecule has 0 bridgehead atoms. The predicted molar refractivity (Wildman–Crippen MR) is 61.9 cm³/mol. The van der Waals surface area contributed by atoms with Crippen molar-refractivity contribution in [2.75, 3.05) is 0 Å². The zero-order valence-corrected chi connectivity index (χ0v) is 9.69. The highest BCUT2D eigenvalue weighted by molar-refractivity contribution is 5.04. The molecule has 0 aromatic rings. The second kappa shape index (κ2) is 8.10. The summed E-state index contributed by atoms with van der Waals surface area (Å²) in [5.41, 5.74) is 3.13. The fourth-order valence-electron chi connectivity index (χ4n) is 1.36. The summed E-state index contributed by atoms with van der Waals surface area (Å²) in [4.78, 5) is 0. The minimum atomic E-state index is 1.18. The molecule has 0 saturated carbocycles. The van der Waals surface area contributed by atoms with Crippen LogP contribution in [0.25, 0.3) is 0 Å². The van der Waals surface area contributed by atoms with E-state index in [-0.39, 0.29) is 0 Å². The van der Waals surface area contributed by atoms with E-state index in [9.17, 15) is 0 Å². The number of rotatable bonds is 6. The maximum absolute atomic E-state index is 2.37. The van der Waals surface area contributed by atoms with E-state index < -0.39 is 0 Å². The van der Waals surface area contributed by atoms with Crippen molar-refractivity contribution in [1.82, 2.24) is 0 Å². The standard InChI is InChI=1S/C13H24/c1-5-9-13(7-3)11-8-10-12(4)6-2/h9-10H,5-8,11H2,1-4H3/b12-10-,13-9+. The third kappa shape index (κ3) is 6.62. The Bertz CT molecular complexity index is 172. The van der Waals surface area contributed by atoms with Crippen molar-refractivity contribution in [1.29, 1.82) is 0 Å². The molecule has 0 atom stereocenters. The Morgan fingerprint density at radius 3 is 2.15 bits per heavy atom. The maximum Gasteiger partial charge on any atom is -0.0286 e. The molecule has 76 valence electrons. The molecule has 0 aromatic heterocycles. The minimum absolute atomic E-state index is 1.18. The van der Waals surface area contributed by atoms with E-state index >= 15 is 0 Å². The summed E-state index contributed by atoms with van der Waals surface area (Å²) < 4.78 is 0. The average molecular weight is 180 g/mol. The third-order valence-corrected chi connectivity index (χ3v) is 2.46. The smallest absolute Gasteiger partial charge is 0.0286 e. The molecule has 0 aromatic carbocycles. The Balaban J connectivity index is 3.79. The molecule has 0 heteroatoms. The summed E-state index contributed by atoms with van der Waals surface area (Å²) in [7, 11) is 0. The van der Waals surface area contributed by atoms with Crippen LogP contribution in [0.15, 0.2) is 23.3 Å². The summed E-state index contributed by atoms with van der Waals surface area (Å²) in [6.45, 7) is 8.89. The highest BCUT2D eigenvalue weighted by Crippen LogP contribution is 2.12. The quantitative estimate of drug-likeness (QED) is 0.512. The van der Waals surface area contributed by atoms with Crippen LogP contribution in [-0.2, 0) is 0 Å². The van der Waals surface area contributed by atoms with E-state index in [1.54, 1.807) is 5.57 Å². The summed E-state index contributed by atoms with van der Waals surface area (Å²) >= 11 is 0. The topological polar surface area (TPSA) is 0 Å². The molecular weight excluding hydrogens is 156 g/mol. The normalized spacial score (nSPS) is 13.5. The molecule has 0 amide bonds. The van der Waals surface area contributed by atoms with Gasteiger partial charge < -0.3 is 0 Å². The molecule has 0 aliphatic heterocycles.